The fourth-order valence-electron chi connectivity index (χ4n) is 2.72. The van der Waals surface area contributed by atoms with Crippen molar-refractivity contribution in [2.24, 2.45) is 11.3 Å². The minimum atomic E-state index is -0.898. The van der Waals surface area contributed by atoms with Crippen LogP contribution in [0.15, 0.2) is 24.3 Å². The molecule has 1 unspecified atom stereocenters. The molecule has 1 atom stereocenters. The molecule has 18 heavy (non-hydrogen) atoms. The summed E-state index contributed by atoms with van der Waals surface area (Å²) in [5, 5.41) is 19.8. The van der Waals surface area contributed by atoms with Crippen LogP contribution in [0.2, 0.25) is 0 Å². The second-order valence-electron chi connectivity index (χ2n) is 5.41. The number of rotatable bonds is 2. The predicted molar refractivity (Wildman–Crippen MR) is 67.0 cm³/mol. The molecule has 1 saturated carbocycles. The van der Waals surface area contributed by atoms with Gasteiger partial charge in [-0.05, 0) is 49.3 Å². The highest BCUT2D eigenvalue weighted by atomic mass is 19.1. The highest BCUT2D eigenvalue weighted by Gasteiger charge is 2.41. The van der Waals surface area contributed by atoms with Crippen molar-refractivity contribution in [2.75, 3.05) is 0 Å². The van der Waals surface area contributed by atoms with E-state index >= 15 is 0 Å². The van der Waals surface area contributed by atoms with E-state index in [0.29, 0.717) is 24.3 Å². The second kappa shape index (κ2) is 5.07. The van der Waals surface area contributed by atoms with Crippen LogP contribution in [0.5, 0.6) is 0 Å². The molecule has 0 aromatic heterocycles. The van der Waals surface area contributed by atoms with Crippen LogP contribution in [0.1, 0.15) is 44.3 Å². The predicted octanol–water partition coefficient (Wildman–Crippen LogP) is 3.58. The first kappa shape index (κ1) is 13.0. The van der Waals surface area contributed by atoms with Gasteiger partial charge in [-0.15, -0.1) is 0 Å². The third kappa shape index (κ3) is 2.39. The number of hydrogen-bond donors (Lipinski definition) is 1. The molecule has 96 valence electrons. The first-order valence-electron chi connectivity index (χ1n) is 6.42. The third-order valence-electron chi connectivity index (χ3n) is 4.08. The molecule has 1 aromatic carbocycles. The van der Waals surface area contributed by atoms with Gasteiger partial charge in [0.25, 0.3) is 0 Å². The molecule has 0 aliphatic heterocycles. The maximum absolute atomic E-state index is 13.2. The largest absolute Gasteiger partial charge is 0.387 e. The van der Waals surface area contributed by atoms with E-state index < -0.39 is 11.5 Å². The first-order valence-corrected chi connectivity index (χ1v) is 6.42. The zero-order valence-corrected chi connectivity index (χ0v) is 10.6. The van der Waals surface area contributed by atoms with Gasteiger partial charge in [-0.1, -0.05) is 19.1 Å². The molecule has 2 rings (SSSR count). The summed E-state index contributed by atoms with van der Waals surface area (Å²) in [6.45, 7) is 2.16. The van der Waals surface area contributed by atoms with E-state index in [0.717, 1.165) is 12.8 Å². The van der Waals surface area contributed by atoms with Gasteiger partial charge in [0, 0.05) is 0 Å². The molecule has 0 bridgehead atoms. The summed E-state index contributed by atoms with van der Waals surface area (Å²) < 4.78 is 13.2. The smallest absolute Gasteiger partial charge is 0.123 e. The fraction of sp³-hybridized carbons (Fsp3) is 0.533. The molecule has 0 amide bonds. The molecule has 0 heterocycles. The van der Waals surface area contributed by atoms with Crippen LogP contribution in [0.4, 0.5) is 4.39 Å². The lowest BCUT2D eigenvalue weighted by Crippen LogP contribution is -2.32. The molecule has 3 heteroatoms. The number of aliphatic hydroxyl groups excluding tert-OH is 1. The van der Waals surface area contributed by atoms with Crippen molar-refractivity contribution >= 4 is 0 Å². The summed E-state index contributed by atoms with van der Waals surface area (Å²) >= 11 is 0. The Bertz CT molecular complexity index is 458. The van der Waals surface area contributed by atoms with E-state index in [1.165, 1.54) is 12.1 Å². The summed E-state index contributed by atoms with van der Waals surface area (Å²) in [6, 6.07) is 8.21. The summed E-state index contributed by atoms with van der Waals surface area (Å²) in [6.07, 6.45) is 2.36. The van der Waals surface area contributed by atoms with E-state index in [9.17, 15) is 14.8 Å². The van der Waals surface area contributed by atoms with E-state index in [1.54, 1.807) is 12.1 Å². The molecule has 1 aliphatic rings. The molecule has 2 nitrogen and oxygen atoms in total. The minimum absolute atomic E-state index is 0.371. The van der Waals surface area contributed by atoms with Crippen molar-refractivity contribution in [1.82, 2.24) is 0 Å². The Morgan fingerprint density at radius 3 is 2.67 bits per heavy atom. The Morgan fingerprint density at radius 2 is 2.11 bits per heavy atom. The molecule has 1 fully saturated rings. The van der Waals surface area contributed by atoms with Gasteiger partial charge in [0.2, 0.25) is 0 Å². The van der Waals surface area contributed by atoms with Gasteiger partial charge in [0.15, 0.2) is 0 Å². The van der Waals surface area contributed by atoms with Gasteiger partial charge in [0.1, 0.15) is 5.82 Å². The molecule has 0 spiro atoms. The third-order valence-corrected chi connectivity index (χ3v) is 4.08. The summed E-state index contributed by atoms with van der Waals surface area (Å²) in [5.41, 5.74) is -0.244. The monoisotopic (exact) mass is 247 g/mol. The van der Waals surface area contributed by atoms with Crippen molar-refractivity contribution < 1.29 is 9.50 Å². The number of halogens is 1. The highest BCUT2D eigenvalue weighted by molar-refractivity contribution is 5.24. The topological polar surface area (TPSA) is 44.0 Å². The van der Waals surface area contributed by atoms with Crippen molar-refractivity contribution in [3.05, 3.63) is 35.6 Å². The number of nitrogens with zero attached hydrogens (tertiary/aromatic N) is 1. The first-order chi connectivity index (χ1) is 8.57. The molecule has 1 aliphatic carbocycles. The van der Waals surface area contributed by atoms with Gasteiger partial charge >= 0.3 is 0 Å². The van der Waals surface area contributed by atoms with Crippen molar-refractivity contribution in [3.8, 4) is 6.07 Å². The van der Waals surface area contributed by atoms with Crippen LogP contribution in [0.3, 0.4) is 0 Å². The average molecular weight is 247 g/mol. The average Bonchev–Trinajstić information content (AvgIpc) is 2.39. The molecular weight excluding hydrogens is 229 g/mol. The second-order valence-corrected chi connectivity index (χ2v) is 5.41. The van der Waals surface area contributed by atoms with Crippen LogP contribution in [-0.2, 0) is 0 Å². The molecule has 0 saturated heterocycles. The molecule has 1 N–H and O–H groups in total. The zero-order chi connectivity index (χ0) is 13.2. The maximum atomic E-state index is 13.2. The Hall–Kier alpha value is -1.40. The van der Waals surface area contributed by atoms with Crippen LogP contribution < -0.4 is 0 Å². The minimum Gasteiger partial charge on any atom is -0.387 e. The van der Waals surface area contributed by atoms with Gasteiger partial charge in [0.05, 0.1) is 17.6 Å². The quantitative estimate of drug-likeness (QED) is 0.868. The number of hydrogen-bond acceptors (Lipinski definition) is 2. The van der Waals surface area contributed by atoms with E-state index in [1.807, 2.05) is 0 Å². The van der Waals surface area contributed by atoms with E-state index in [4.69, 9.17) is 0 Å². The lowest BCUT2D eigenvalue weighted by molar-refractivity contribution is 0.0264. The van der Waals surface area contributed by atoms with Gasteiger partial charge in [-0.25, -0.2) is 4.39 Å². The standard InChI is InChI=1S/C15H18FNO/c1-11-5-7-15(10-17,8-6-11)14(18)12-3-2-4-13(16)9-12/h2-4,9,11,14,18H,5-8H2,1H3. The van der Waals surface area contributed by atoms with Crippen LogP contribution >= 0.6 is 0 Å². The van der Waals surface area contributed by atoms with Gasteiger partial charge < -0.3 is 5.11 Å². The van der Waals surface area contributed by atoms with Crippen LogP contribution in [0.25, 0.3) is 0 Å². The van der Waals surface area contributed by atoms with Crippen LogP contribution in [-0.4, -0.2) is 5.11 Å². The normalized spacial score (nSPS) is 29.6. The highest BCUT2D eigenvalue weighted by Crippen LogP contribution is 2.47. The number of aliphatic hydroxyl groups is 1. The zero-order valence-electron chi connectivity index (χ0n) is 10.6. The lowest BCUT2D eigenvalue weighted by Gasteiger charge is -2.37. The summed E-state index contributed by atoms with van der Waals surface area (Å²) in [5.74, 6) is 0.231. The SMILES string of the molecule is CC1CCC(C#N)(C(O)c2cccc(F)c2)CC1. The van der Waals surface area contributed by atoms with Crippen LogP contribution in [0, 0.1) is 28.5 Å². The molecule has 1 aromatic rings. The Morgan fingerprint density at radius 1 is 1.44 bits per heavy atom. The van der Waals surface area contributed by atoms with Crippen molar-refractivity contribution in [1.29, 1.82) is 5.26 Å². The Labute approximate surface area is 107 Å². The summed E-state index contributed by atoms with van der Waals surface area (Å²) in [7, 11) is 0. The Balaban J connectivity index is 2.26. The van der Waals surface area contributed by atoms with Gasteiger partial charge in [-0.2, -0.15) is 5.26 Å². The summed E-state index contributed by atoms with van der Waals surface area (Å²) in [4.78, 5) is 0. The number of benzene rings is 1. The maximum Gasteiger partial charge on any atom is 0.123 e. The van der Waals surface area contributed by atoms with E-state index in [-0.39, 0.29) is 5.82 Å². The molecule has 0 radical (unpaired) electrons. The lowest BCUT2D eigenvalue weighted by atomic mass is 9.67. The molecular formula is C15H18FNO. The van der Waals surface area contributed by atoms with Crippen molar-refractivity contribution in [3.63, 3.8) is 0 Å². The van der Waals surface area contributed by atoms with Crippen molar-refractivity contribution in [2.45, 2.75) is 38.7 Å². The van der Waals surface area contributed by atoms with E-state index in [2.05, 4.69) is 13.0 Å². The Kier molecular flexibility index (Phi) is 3.68. The number of nitriles is 1. The fourth-order valence-corrected chi connectivity index (χ4v) is 2.72. The van der Waals surface area contributed by atoms with Gasteiger partial charge in [-0.3, -0.25) is 0 Å².